The summed E-state index contributed by atoms with van der Waals surface area (Å²) in [5, 5.41) is 3.99. The Morgan fingerprint density at radius 2 is 2.17 bits per heavy atom. The van der Waals surface area contributed by atoms with Crippen molar-refractivity contribution in [3.8, 4) is 0 Å². The zero-order chi connectivity index (χ0) is 16.7. The molecule has 1 amide bonds. The molecule has 2 aromatic rings. The van der Waals surface area contributed by atoms with E-state index in [1.165, 1.54) is 0 Å². The van der Waals surface area contributed by atoms with E-state index in [-0.39, 0.29) is 11.3 Å². The molecule has 2 fully saturated rings. The van der Waals surface area contributed by atoms with Crippen molar-refractivity contribution in [3.05, 3.63) is 41.4 Å². The molecule has 4 rings (SSSR count). The first-order valence-corrected chi connectivity index (χ1v) is 8.42. The summed E-state index contributed by atoms with van der Waals surface area (Å²) in [5.74, 6) is 2.05. The van der Waals surface area contributed by atoms with Gasteiger partial charge in [0, 0.05) is 43.2 Å². The zero-order valence-corrected chi connectivity index (χ0v) is 14.2. The fourth-order valence-corrected chi connectivity index (χ4v) is 3.99. The Morgan fingerprint density at radius 3 is 2.88 bits per heavy atom. The highest BCUT2D eigenvalue weighted by molar-refractivity contribution is 5.80. The number of amides is 1. The predicted octanol–water partition coefficient (Wildman–Crippen LogP) is 2.32. The molecule has 1 spiro atoms. The van der Waals surface area contributed by atoms with Gasteiger partial charge in [0.15, 0.2) is 0 Å². The maximum Gasteiger partial charge on any atom is 0.223 e. The Morgan fingerprint density at radius 1 is 1.29 bits per heavy atom. The summed E-state index contributed by atoms with van der Waals surface area (Å²) in [5.41, 5.74) is 1.97. The van der Waals surface area contributed by atoms with Crippen molar-refractivity contribution in [3.63, 3.8) is 0 Å². The molecule has 2 aromatic heterocycles. The third-order valence-electron chi connectivity index (χ3n) is 5.35. The lowest BCUT2D eigenvalue weighted by molar-refractivity contribution is -0.128. The number of rotatable bonds is 3. The van der Waals surface area contributed by atoms with E-state index in [2.05, 4.69) is 15.0 Å². The number of hydrogen-bond acceptors (Lipinski definition) is 5. The quantitative estimate of drug-likeness (QED) is 0.866. The SMILES string of the molecule is Cc1noc(C)c1CN1CC2(CCN(c3ccccn3)C2)CC1=O. The van der Waals surface area contributed by atoms with Crippen molar-refractivity contribution in [2.24, 2.45) is 5.41 Å². The summed E-state index contributed by atoms with van der Waals surface area (Å²) in [4.78, 5) is 21.3. The fourth-order valence-electron chi connectivity index (χ4n) is 3.99. The molecule has 126 valence electrons. The average molecular weight is 326 g/mol. The summed E-state index contributed by atoms with van der Waals surface area (Å²) in [6, 6.07) is 5.98. The van der Waals surface area contributed by atoms with Crippen LogP contribution >= 0.6 is 0 Å². The first-order chi connectivity index (χ1) is 11.6. The number of hydrogen-bond donors (Lipinski definition) is 0. The van der Waals surface area contributed by atoms with Crippen LogP contribution in [0, 0.1) is 19.3 Å². The fraction of sp³-hybridized carbons (Fsp3) is 0.500. The predicted molar refractivity (Wildman–Crippen MR) is 89.5 cm³/mol. The van der Waals surface area contributed by atoms with E-state index in [1.807, 2.05) is 43.1 Å². The molecule has 0 N–H and O–H groups in total. The highest BCUT2D eigenvalue weighted by Crippen LogP contribution is 2.41. The van der Waals surface area contributed by atoms with Gasteiger partial charge in [-0.25, -0.2) is 4.98 Å². The number of carbonyl (C=O) groups excluding carboxylic acids is 1. The van der Waals surface area contributed by atoms with Crippen LogP contribution in [-0.4, -0.2) is 40.6 Å². The lowest BCUT2D eigenvalue weighted by atomic mass is 9.86. The molecule has 0 aromatic carbocycles. The Balaban J connectivity index is 1.48. The summed E-state index contributed by atoms with van der Waals surface area (Å²) >= 11 is 0. The third kappa shape index (κ3) is 2.56. The second kappa shape index (κ2) is 5.61. The molecule has 2 aliphatic heterocycles. The van der Waals surface area contributed by atoms with Crippen molar-refractivity contribution >= 4 is 11.7 Å². The van der Waals surface area contributed by atoms with E-state index in [0.717, 1.165) is 48.9 Å². The van der Waals surface area contributed by atoms with Gasteiger partial charge >= 0.3 is 0 Å². The monoisotopic (exact) mass is 326 g/mol. The van der Waals surface area contributed by atoms with Gasteiger partial charge in [-0.3, -0.25) is 4.79 Å². The largest absolute Gasteiger partial charge is 0.361 e. The molecule has 0 bridgehead atoms. The molecular weight excluding hydrogens is 304 g/mol. The standard InChI is InChI=1S/C18H22N4O2/c1-13-15(14(2)24-20-13)10-22-12-18(9-17(22)23)6-8-21(11-18)16-5-3-4-7-19-16/h3-5,7H,6,8-12H2,1-2H3. The van der Waals surface area contributed by atoms with Crippen LogP contribution in [0.15, 0.2) is 28.9 Å². The van der Waals surface area contributed by atoms with Crippen LogP contribution in [0.4, 0.5) is 5.82 Å². The lowest BCUT2D eigenvalue weighted by Crippen LogP contribution is -2.31. The van der Waals surface area contributed by atoms with Crippen LogP contribution in [-0.2, 0) is 11.3 Å². The van der Waals surface area contributed by atoms with E-state index in [4.69, 9.17) is 4.52 Å². The molecule has 1 atom stereocenters. The van der Waals surface area contributed by atoms with E-state index >= 15 is 0 Å². The number of carbonyl (C=O) groups is 1. The van der Waals surface area contributed by atoms with Crippen LogP contribution in [0.3, 0.4) is 0 Å². The maximum atomic E-state index is 12.6. The van der Waals surface area contributed by atoms with Crippen molar-refractivity contribution < 1.29 is 9.32 Å². The highest BCUT2D eigenvalue weighted by atomic mass is 16.5. The van der Waals surface area contributed by atoms with Crippen LogP contribution in [0.5, 0.6) is 0 Å². The molecule has 0 saturated carbocycles. The van der Waals surface area contributed by atoms with Crippen molar-refractivity contribution in [1.82, 2.24) is 15.0 Å². The second-order valence-electron chi connectivity index (χ2n) is 7.09. The lowest BCUT2D eigenvalue weighted by Gasteiger charge is -2.24. The molecule has 6 heteroatoms. The van der Waals surface area contributed by atoms with E-state index in [9.17, 15) is 4.79 Å². The van der Waals surface area contributed by atoms with Gasteiger partial charge in [0.25, 0.3) is 0 Å². The Labute approximate surface area is 141 Å². The minimum Gasteiger partial charge on any atom is -0.361 e. The number of pyridine rings is 1. The minimum atomic E-state index is 0.0492. The minimum absolute atomic E-state index is 0.0492. The smallest absolute Gasteiger partial charge is 0.223 e. The molecule has 24 heavy (non-hydrogen) atoms. The van der Waals surface area contributed by atoms with Crippen molar-refractivity contribution in [2.75, 3.05) is 24.5 Å². The van der Waals surface area contributed by atoms with Crippen LogP contribution < -0.4 is 4.90 Å². The summed E-state index contributed by atoms with van der Waals surface area (Å²) in [6.07, 6.45) is 3.48. The number of anilines is 1. The summed E-state index contributed by atoms with van der Waals surface area (Å²) in [6.45, 7) is 7.10. The first-order valence-electron chi connectivity index (χ1n) is 8.42. The van der Waals surface area contributed by atoms with Gasteiger partial charge in [-0.2, -0.15) is 0 Å². The molecule has 6 nitrogen and oxygen atoms in total. The topological polar surface area (TPSA) is 62.5 Å². The molecule has 4 heterocycles. The average Bonchev–Trinajstić information content (AvgIpc) is 3.23. The second-order valence-corrected chi connectivity index (χ2v) is 7.09. The van der Waals surface area contributed by atoms with Gasteiger partial charge in [-0.1, -0.05) is 11.2 Å². The summed E-state index contributed by atoms with van der Waals surface area (Å²) < 4.78 is 5.23. The summed E-state index contributed by atoms with van der Waals surface area (Å²) in [7, 11) is 0. The maximum absolute atomic E-state index is 12.6. The number of aryl methyl sites for hydroxylation is 2. The Kier molecular flexibility index (Phi) is 3.55. The molecule has 2 saturated heterocycles. The molecule has 0 aliphatic carbocycles. The van der Waals surface area contributed by atoms with Gasteiger partial charge in [0.05, 0.1) is 12.2 Å². The van der Waals surface area contributed by atoms with Gasteiger partial charge in [-0.15, -0.1) is 0 Å². The van der Waals surface area contributed by atoms with E-state index < -0.39 is 0 Å². The highest BCUT2D eigenvalue weighted by Gasteiger charge is 2.47. The third-order valence-corrected chi connectivity index (χ3v) is 5.35. The Hall–Kier alpha value is -2.37. The van der Waals surface area contributed by atoms with E-state index in [0.29, 0.717) is 13.0 Å². The first kappa shape index (κ1) is 15.2. The van der Waals surface area contributed by atoms with Crippen molar-refractivity contribution in [1.29, 1.82) is 0 Å². The molecule has 1 unspecified atom stereocenters. The van der Waals surface area contributed by atoms with Gasteiger partial charge in [0.2, 0.25) is 5.91 Å². The zero-order valence-electron chi connectivity index (χ0n) is 14.2. The molecular formula is C18H22N4O2. The number of nitrogens with zero attached hydrogens (tertiary/aromatic N) is 4. The molecule has 2 aliphatic rings. The van der Waals surface area contributed by atoms with Gasteiger partial charge < -0.3 is 14.3 Å². The molecule has 0 radical (unpaired) electrons. The van der Waals surface area contributed by atoms with Crippen LogP contribution in [0.1, 0.15) is 29.9 Å². The van der Waals surface area contributed by atoms with Gasteiger partial charge in [0.1, 0.15) is 11.6 Å². The van der Waals surface area contributed by atoms with E-state index in [1.54, 1.807) is 0 Å². The van der Waals surface area contributed by atoms with Gasteiger partial charge in [-0.05, 0) is 32.4 Å². The van der Waals surface area contributed by atoms with Crippen LogP contribution in [0.2, 0.25) is 0 Å². The Bertz CT molecular complexity index is 738. The van der Waals surface area contributed by atoms with Crippen molar-refractivity contribution in [2.45, 2.75) is 33.2 Å². The normalized spacial score (nSPS) is 23.7. The number of likely N-dealkylation sites (tertiary alicyclic amines) is 1. The number of aromatic nitrogens is 2. The van der Waals surface area contributed by atoms with Crippen LogP contribution in [0.25, 0.3) is 0 Å².